The van der Waals surface area contributed by atoms with Crippen molar-refractivity contribution in [1.82, 2.24) is 15.3 Å². The lowest BCUT2D eigenvalue weighted by atomic mass is 9.95. The topological polar surface area (TPSA) is 59.2 Å². The summed E-state index contributed by atoms with van der Waals surface area (Å²) in [5.74, 6) is 3.28. The van der Waals surface area contributed by atoms with Crippen LogP contribution in [0.5, 0.6) is 11.5 Å². The molecule has 114 valence electrons. The number of imidazole rings is 1. The van der Waals surface area contributed by atoms with Gasteiger partial charge in [-0.05, 0) is 38.3 Å². The molecule has 1 saturated heterocycles. The fourth-order valence-corrected chi connectivity index (χ4v) is 3.02. The van der Waals surface area contributed by atoms with Crippen LogP contribution < -0.4 is 14.8 Å². The van der Waals surface area contributed by atoms with Gasteiger partial charge in [0.2, 0.25) is 0 Å². The number of methoxy groups -OCH3 is 2. The fraction of sp³-hybridized carbons (Fsp3) is 0.562. The highest BCUT2D eigenvalue weighted by Crippen LogP contribution is 2.31. The number of aryl methyl sites for hydroxylation is 1. The Morgan fingerprint density at radius 2 is 2.05 bits per heavy atom. The van der Waals surface area contributed by atoms with E-state index in [-0.39, 0.29) is 0 Å². The molecule has 1 aliphatic heterocycles. The van der Waals surface area contributed by atoms with E-state index in [9.17, 15) is 0 Å². The lowest BCUT2D eigenvalue weighted by Crippen LogP contribution is -2.29. The van der Waals surface area contributed by atoms with E-state index in [4.69, 9.17) is 9.47 Å². The van der Waals surface area contributed by atoms with Crippen LogP contribution in [0.1, 0.15) is 25.1 Å². The first-order chi connectivity index (χ1) is 10.3. The van der Waals surface area contributed by atoms with Gasteiger partial charge >= 0.3 is 0 Å². The first-order valence-corrected chi connectivity index (χ1v) is 7.61. The van der Waals surface area contributed by atoms with Gasteiger partial charge in [-0.25, -0.2) is 4.98 Å². The summed E-state index contributed by atoms with van der Waals surface area (Å²) < 4.78 is 10.6. The highest BCUT2D eigenvalue weighted by molar-refractivity contribution is 5.79. The summed E-state index contributed by atoms with van der Waals surface area (Å²) in [6, 6.07) is 3.88. The quantitative estimate of drug-likeness (QED) is 0.888. The van der Waals surface area contributed by atoms with Gasteiger partial charge in [0, 0.05) is 18.6 Å². The van der Waals surface area contributed by atoms with Gasteiger partial charge in [0.1, 0.15) is 5.82 Å². The number of nitrogens with one attached hydrogen (secondary N) is 2. The minimum Gasteiger partial charge on any atom is -0.493 e. The van der Waals surface area contributed by atoms with E-state index in [1.54, 1.807) is 14.2 Å². The van der Waals surface area contributed by atoms with Crippen molar-refractivity contribution in [2.24, 2.45) is 5.92 Å². The summed E-state index contributed by atoms with van der Waals surface area (Å²) in [5, 5.41) is 3.46. The summed E-state index contributed by atoms with van der Waals surface area (Å²) in [7, 11) is 3.30. The lowest BCUT2D eigenvalue weighted by Gasteiger charge is -2.22. The van der Waals surface area contributed by atoms with Crippen LogP contribution >= 0.6 is 0 Å². The van der Waals surface area contributed by atoms with Crippen molar-refractivity contribution in [2.45, 2.75) is 25.7 Å². The zero-order chi connectivity index (χ0) is 14.7. The van der Waals surface area contributed by atoms with E-state index < -0.39 is 0 Å². The molecule has 0 aliphatic carbocycles. The molecule has 2 heterocycles. The summed E-state index contributed by atoms with van der Waals surface area (Å²) in [4.78, 5) is 8.06. The second kappa shape index (κ2) is 6.35. The smallest absolute Gasteiger partial charge is 0.163 e. The predicted octanol–water partition coefficient (Wildman–Crippen LogP) is 2.51. The van der Waals surface area contributed by atoms with Crippen molar-refractivity contribution in [2.75, 3.05) is 27.3 Å². The molecule has 0 radical (unpaired) electrons. The number of ether oxygens (including phenoxy) is 2. The van der Waals surface area contributed by atoms with Crippen molar-refractivity contribution < 1.29 is 9.47 Å². The maximum absolute atomic E-state index is 5.33. The summed E-state index contributed by atoms with van der Waals surface area (Å²) in [5.41, 5.74) is 1.94. The SMILES string of the molecule is COc1cc2nc(CCC3CCCNC3)[nH]c2cc1OC. The fourth-order valence-electron chi connectivity index (χ4n) is 3.02. The Morgan fingerprint density at radius 3 is 2.76 bits per heavy atom. The molecule has 2 aromatic rings. The third-order valence-corrected chi connectivity index (χ3v) is 4.22. The second-order valence-corrected chi connectivity index (χ2v) is 5.66. The Balaban J connectivity index is 1.74. The lowest BCUT2D eigenvalue weighted by molar-refractivity contribution is 0.356. The normalized spacial score (nSPS) is 18.9. The Hall–Kier alpha value is -1.75. The van der Waals surface area contributed by atoms with E-state index in [0.29, 0.717) is 0 Å². The van der Waals surface area contributed by atoms with Crippen LogP contribution in [0.15, 0.2) is 12.1 Å². The van der Waals surface area contributed by atoms with Gasteiger partial charge in [0.05, 0.1) is 25.3 Å². The standard InChI is InChI=1S/C16H23N3O2/c1-20-14-8-12-13(9-15(14)21-2)19-16(18-12)6-5-11-4-3-7-17-10-11/h8-9,11,17H,3-7,10H2,1-2H3,(H,18,19). The number of benzene rings is 1. The Morgan fingerprint density at radius 1 is 1.24 bits per heavy atom. The molecular formula is C16H23N3O2. The largest absolute Gasteiger partial charge is 0.493 e. The van der Waals surface area contributed by atoms with Gasteiger partial charge in [0.25, 0.3) is 0 Å². The molecule has 5 heteroatoms. The third-order valence-electron chi connectivity index (χ3n) is 4.22. The molecule has 0 spiro atoms. The summed E-state index contributed by atoms with van der Waals surface area (Å²) >= 11 is 0. The van der Waals surface area contributed by atoms with Crippen LogP contribution in [0.2, 0.25) is 0 Å². The van der Waals surface area contributed by atoms with E-state index in [1.807, 2.05) is 12.1 Å². The highest BCUT2D eigenvalue weighted by Gasteiger charge is 2.14. The van der Waals surface area contributed by atoms with E-state index in [0.717, 1.165) is 47.2 Å². The van der Waals surface area contributed by atoms with Gasteiger partial charge < -0.3 is 19.8 Å². The van der Waals surface area contributed by atoms with Crippen LogP contribution in [-0.2, 0) is 6.42 Å². The molecule has 1 fully saturated rings. The summed E-state index contributed by atoms with van der Waals surface area (Å²) in [6.45, 7) is 2.31. The average Bonchev–Trinajstić information content (AvgIpc) is 2.94. The zero-order valence-electron chi connectivity index (χ0n) is 12.7. The average molecular weight is 289 g/mol. The van der Waals surface area contributed by atoms with Crippen molar-refractivity contribution in [1.29, 1.82) is 0 Å². The highest BCUT2D eigenvalue weighted by atomic mass is 16.5. The number of piperidine rings is 1. The molecule has 1 aromatic carbocycles. The van der Waals surface area contributed by atoms with Crippen molar-refractivity contribution in [3.05, 3.63) is 18.0 Å². The van der Waals surface area contributed by atoms with E-state index in [2.05, 4.69) is 15.3 Å². The number of aromatic amines is 1. The number of hydrogen-bond acceptors (Lipinski definition) is 4. The van der Waals surface area contributed by atoms with E-state index in [1.165, 1.54) is 25.8 Å². The molecule has 3 rings (SSSR count). The van der Waals surface area contributed by atoms with Crippen LogP contribution in [0, 0.1) is 5.92 Å². The summed E-state index contributed by atoms with van der Waals surface area (Å²) in [6.07, 6.45) is 4.79. The van der Waals surface area contributed by atoms with Gasteiger partial charge in [0.15, 0.2) is 11.5 Å². The Bertz CT molecular complexity index is 562. The van der Waals surface area contributed by atoms with Gasteiger partial charge in [-0.2, -0.15) is 0 Å². The minimum atomic E-state index is 0.722. The number of fused-ring (bicyclic) bond motifs is 1. The predicted molar refractivity (Wildman–Crippen MR) is 83.1 cm³/mol. The van der Waals surface area contributed by atoms with E-state index >= 15 is 0 Å². The maximum Gasteiger partial charge on any atom is 0.163 e. The molecule has 1 aromatic heterocycles. The van der Waals surface area contributed by atoms with Crippen molar-refractivity contribution in [3.63, 3.8) is 0 Å². The van der Waals surface area contributed by atoms with Gasteiger partial charge in [-0.1, -0.05) is 0 Å². The van der Waals surface area contributed by atoms with Crippen LogP contribution in [0.3, 0.4) is 0 Å². The van der Waals surface area contributed by atoms with Crippen molar-refractivity contribution in [3.8, 4) is 11.5 Å². The number of rotatable bonds is 5. The number of H-pyrrole nitrogens is 1. The molecular weight excluding hydrogens is 266 g/mol. The number of nitrogens with zero attached hydrogens (tertiary/aromatic N) is 1. The van der Waals surface area contributed by atoms with Gasteiger partial charge in [-0.3, -0.25) is 0 Å². The second-order valence-electron chi connectivity index (χ2n) is 5.66. The zero-order valence-corrected chi connectivity index (χ0v) is 12.7. The van der Waals surface area contributed by atoms with Crippen molar-refractivity contribution >= 4 is 11.0 Å². The number of aromatic nitrogens is 2. The molecule has 0 saturated carbocycles. The van der Waals surface area contributed by atoms with Crippen LogP contribution in [-0.4, -0.2) is 37.3 Å². The van der Waals surface area contributed by atoms with Crippen LogP contribution in [0.25, 0.3) is 11.0 Å². The first kappa shape index (κ1) is 14.2. The Labute approximate surface area is 125 Å². The molecule has 5 nitrogen and oxygen atoms in total. The maximum atomic E-state index is 5.33. The monoisotopic (exact) mass is 289 g/mol. The molecule has 1 unspecified atom stereocenters. The van der Waals surface area contributed by atoms with Gasteiger partial charge in [-0.15, -0.1) is 0 Å². The Kier molecular flexibility index (Phi) is 4.29. The molecule has 1 atom stereocenters. The molecule has 21 heavy (non-hydrogen) atoms. The molecule has 0 bridgehead atoms. The van der Waals surface area contributed by atoms with Crippen LogP contribution in [0.4, 0.5) is 0 Å². The molecule has 2 N–H and O–H groups in total. The molecule has 1 aliphatic rings. The minimum absolute atomic E-state index is 0.722. The molecule has 0 amide bonds. The number of hydrogen-bond donors (Lipinski definition) is 2. The third kappa shape index (κ3) is 3.13. The first-order valence-electron chi connectivity index (χ1n) is 7.61.